The number of halogens is 3. The Kier molecular flexibility index (Phi) is 3.46. The average Bonchev–Trinajstić information content (AvgIpc) is 2.32. The van der Waals surface area contributed by atoms with Crippen molar-refractivity contribution in [2.75, 3.05) is 23.7 Å². The van der Waals surface area contributed by atoms with Gasteiger partial charge < -0.3 is 4.90 Å². The number of aromatic nitrogens is 1. The summed E-state index contributed by atoms with van der Waals surface area (Å²) in [4.78, 5) is 5.45. The molecule has 1 aliphatic rings. The Morgan fingerprint density at radius 1 is 1.37 bits per heavy atom. The van der Waals surface area contributed by atoms with Crippen LogP contribution in [0.1, 0.15) is 12.5 Å². The largest absolute Gasteiger partial charge is 0.417 e. The van der Waals surface area contributed by atoms with Crippen molar-refractivity contribution >= 4 is 15.7 Å². The molecule has 1 aliphatic heterocycles. The molecule has 1 saturated heterocycles. The Morgan fingerprint density at radius 3 is 2.53 bits per heavy atom. The second-order valence-electron chi connectivity index (χ2n) is 4.53. The van der Waals surface area contributed by atoms with Crippen LogP contribution in [0.15, 0.2) is 18.3 Å². The normalized spacial score (nSPS) is 23.4. The van der Waals surface area contributed by atoms with Crippen LogP contribution in [0.5, 0.6) is 0 Å². The highest BCUT2D eigenvalue weighted by molar-refractivity contribution is 7.92. The van der Waals surface area contributed by atoms with Crippen molar-refractivity contribution in [1.82, 2.24) is 4.98 Å². The van der Waals surface area contributed by atoms with E-state index in [1.807, 2.05) is 0 Å². The molecule has 0 spiro atoms. The topological polar surface area (TPSA) is 50.3 Å². The first-order chi connectivity index (χ1) is 8.70. The number of nitrogens with zero attached hydrogens (tertiary/aromatic N) is 2. The SMILES string of the molecule is C[C@H]1CN(c2ccc(C(F)(F)F)cn2)CCS1(=O)=O. The average molecular weight is 294 g/mol. The van der Waals surface area contributed by atoms with Gasteiger partial charge in [0.15, 0.2) is 9.84 Å². The van der Waals surface area contributed by atoms with Crippen LogP contribution in [-0.2, 0) is 16.0 Å². The highest BCUT2D eigenvalue weighted by Gasteiger charge is 2.32. The molecule has 4 nitrogen and oxygen atoms in total. The summed E-state index contributed by atoms with van der Waals surface area (Å²) in [6, 6.07) is 2.23. The maximum Gasteiger partial charge on any atom is 0.417 e. The summed E-state index contributed by atoms with van der Waals surface area (Å²) in [7, 11) is -3.08. The summed E-state index contributed by atoms with van der Waals surface area (Å²) in [6.07, 6.45) is -3.65. The first-order valence-corrected chi connectivity index (χ1v) is 7.41. The van der Waals surface area contributed by atoms with Crippen LogP contribution in [0.3, 0.4) is 0 Å². The Bertz CT molecular complexity index is 554. The number of hydrogen-bond acceptors (Lipinski definition) is 4. The summed E-state index contributed by atoms with van der Waals surface area (Å²) in [5, 5.41) is -0.537. The zero-order valence-corrected chi connectivity index (χ0v) is 11.0. The van der Waals surface area contributed by atoms with Gasteiger partial charge in [-0.3, -0.25) is 0 Å². The van der Waals surface area contributed by atoms with Gasteiger partial charge >= 0.3 is 6.18 Å². The summed E-state index contributed by atoms with van der Waals surface area (Å²) < 4.78 is 60.3. The molecular formula is C11H13F3N2O2S. The van der Waals surface area contributed by atoms with Gasteiger partial charge in [0.25, 0.3) is 0 Å². The molecule has 2 heterocycles. The third-order valence-electron chi connectivity index (χ3n) is 3.14. The van der Waals surface area contributed by atoms with Crippen molar-refractivity contribution in [3.05, 3.63) is 23.9 Å². The molecule has 0 radical (unpaired) electrons. The van der Waals surface area contributed by atoms with Crippen LogP contribution < -0.4 is 4.90 Å². The van der Waals surface area contributed by atoms with Crippen LogP contribution in [0.25, 0.3) is 0 Å². The molecule has 2 rings (SSSR count). The van der Waals surface area contributed by atoms with E-state index in [-0.39, 0.29) is 18.8 Å². The number of sulfone groups is 1. The monoisotopic (exact) mass is 294 g/mol. The summed E-state index contributed by atoms with van der Waals surface area (Å²) in [6.45, 7) is 2.09. The molecule has 0 amide bonds. The number of hydrogen-bond donors (Lipinski definition) is 0. The predicted octanol–water partition coefficient (Wildman–Crippen LogP) is 1.72. The lowest BCUT2D eigenvalue weighted by Gasteiger charge is -2.31. The van der Waals surface area contributed by atoms with Crippen molar-refractivity contribution in [2.24, 2.45) is 0 Å². The van der Waals surface area contributed by atoms with E-state index < -0.39 is 26.8 Å². The van der Waals surface area contributed by atoms with E-state index >= 15 is 0 Å². The minimum absolute atomic E-state index is 0.00311. The molecule has 0 unspecified atom stereocenters. The first-order valence-electron chi connectivity index (χ1n) is 5.70. The molecule has 0 aromatic carbocycles. The second-order valence-corrected chi connectivity index (χ2v) is 7.07. The Balaban J connectivity index is 2.16. The molecule has 106 valence electrons. The maximum absolute atomic E-state index is 12.4. The van der Waals surface area contributed by atoms with Gasteiger partial charge in [0, 0.05) is 19.3 Å². The van der Waals surface area contributed by atoms with Crippen LogP contribution in [0, 0.1) is 0 Å². The molecule has 19 heavy (non-hydrogen) atoms. The van der Waals surface area contributed by atoms with E-state index in [2.05, 4.69) is 4.98 Å². The van der Waals surface area contributed by atoms with Gasteiger partial charge in [-0.25, -0.2) is 13.4 Å². The minimum Gasteiger partial charge on any atom is -0.354 e. The summed E-state index contributed by atoms with van der Waals surface area (Å²) in [5.74, 6) is 0.367. The molecule has 1 aromatic heterocycles. The van der Waals surface area contributed by atoms with E-state index in [0.717, 1.165) is 12.3 Å². The third-order valence-corrected chi connectivity index (χ3v) is 5.26. The van der Waals surface area contributed by atoms with E-state index in [0.29, 0.717) is 5.82 Å². The molecule has 0 saturated carbocycles. The fourth-order valence-electron chi connectivity index (χ4n) is 1.90. The van der Waals surface area contributed by atoms with Gasteiger partial charge in [-0.15, -0.1) is 0 Å². The number of pyridine rings is 1. The molecule has 1 fully saturated rings. The summed E-state index contributed by atoms with van der Waals surface area (Å²) >= 11 is 0. The van der Waals surface area contributed by atoms with E-state index in [4.69, 9.17) is 0 Å². The predicted molar refractivity (Wildman–Crippen MR) is 64.7 cm³/mol. The van der Waals surface area contributed by atoms with Crippen LogP contribution in [-0.4, -0.2) is 37.5 Å². The molecule has 0 bridgehead atoms. The van der Waals surface area contributed by atoms with Crippen molar-refractivity contribution in [3.8, 4) is 0 Å². The van der Waals surface area contributed by atoms with Crippen molar-refractivity contribution in [2.45, 2.75) is 18.3 Å². The highest BCUT2D eigenvalue weighted by Crippen LogP contribution is 2.29. The molecule has 0 aliphatic carbocycles. The standard InChI is InChI=1S/C11H13F3N2O2S/c1-8-7-16(4-5-19(8,17)18)10-3-2-9(6-15-10)11(12,13)14/h2-3,6,8H,4-5,7H2,1H3/t8-/m0/s1. The van der Waals surface area contributed by atoms with E-state index in [1.54, 1.807) is 11.8 Å². The van der Waals surface area contributed by atoms with Crippen molar-refractivity contribution in [3.63, 3.8) is 0 Å². The third kappa shape index (κ3) is 2.99. The maximum atomic E-state index is 12.4. The van der Waals surface area contributed by atoms with Gasteiger partial charge in [0.1, 0.15) is 5.82 Å². The Hall–Kier alpha value is -1.31. The van der Waals surface area contributed by atoms with Crippen molar-refractivity contribution in [1.29, 1.82) is 0 Å². The minimum atomic E-state index is -4.41. The Morgan fingerprint density at radius 2 is 2.05 bits per heavy atom. The second kappa shape index (κ2) is 4.66. The molecular weight excluding hydrogens is 281 g/mol. The van der Waals surface area contributed by atoms with Crippen molar-refractivity contribution < 1.29 is 21.6 Å². The number of anilines is 1. The quantitative estimate of drug-likeness (QED) is 0.791. The van der Waals surface area contributed by atoms with Gasteiger partial charge in [0.2, 0.25) is 0 Å². The lowest BCUT2D eigenvalue weighted by atomic mass is 10.2. The lowest BCUT2D eigenvalue weighted by Crippen LogP contribution is -2.45. The molecule has 1 atom stereocenters. The fraction of sp³-hybridized carbons (Fsp3) is 0.545. The number of rotatable bonds is 1. The molecule has 1 aromatic rings. The van der Waals surface area contributed by atoms with Gasteiger partial charge in [-0.05, 0) is 19.1 Å². The van der Waals surface area contributed by atoms with Gasteiger partial charge in [0.05, 0.1) is 16.6 Å². The van der Waals surface area contributed by atoms with Gasteiger partial charge in [-0.2, -0.15) is 13.2 Å². The Labute approximate surface area is 109 Å². The van der Waals surface area contributed by atoms with Crippen LogP contribution in [0.4, 0.5) is 19.0 Å². The van der Waals surface area contributed by atoms with Gasteiger partial charge in [-0.1, -0.05) is 0 Å². The zero-order valence-electron chi connectivity index (χ0n) is 10.2. The van der Waals surface area contributed by atoms with Crippen LogP contribution in [0.2, 0.25) is 0 Å². The first kappa shape index (κ1) is 14.1. The zero-order chi connectivity index (χ0) is 14.3. The van der Waals surface area contributed by atoms with E-state index in [1.165, 1.54) is 6.07 Å². The lowest BCUT2D eigenvalue weighted by molar-refractivity contribution is -0.137. The molecule has 0 N–H and O–H groups in total. The fourth-order valence-corrected chi connectivity index (χ4v) is 3.19. The van der Waals surface area contributed by atoms with Crippen LogP contribution >= 0.6 is 0 Å². The highest BCUT2D eigenvalue weighted by atomic mass is 32.2. The smallest absolute Gasteiger partial charge is 0.354 e. The number of alkyl halides is 3. The molecule has 8 heteroatoms. The van der Waals surface area contributed by atoms with E-state index in [9.17, 15) is 21.6 Å². The summed E-state index contributed by atoms with van der Waals surface area (Å²) in [5.41, 5.74) is -0.811.